The molecule has 1 unspecified atom stereocenters. The highest BCUT2D eigenvalue weighted by Crippen LogP contribution is 2.35. The number of aromatic nitrogens is 5. The summed E-state index contributed by atoms with van der Waals surface area (Å²) in [7, 11) is 2.86. The summed E-state index contributed by atoms with van der Waals surface area (Å²) in [5, 5.41) is 10.0. The number of hydrogen-bond donors (Lipinski definition) is 2. The Bertz CT molecular complexity index is 1380. The molecule has 0 spiro atoms. The molecule has 12 heteroatoms. The summed E-state index contributed by atoms with van der Waals surface area (Å²) in [5.41, 5.74) is 0.494. The van der Waals surface area contributed by atoms with Crippen molar-refractivity contribution in [2.75, 3.05) is 32.7 Å². The Hall–Kier alpha value is -3.80. The van der Waals surface area contributed by atoms with Gasteiger partial charge in [-0.2, -0.15) is 4.98 Å². The second-order valence-corrected chi connectivity index (χ2v) is 7.81. The first-order valence-corrected chi connectivity index (χ1v) is 10.3. The number of rotatable bonds is 6. The van der Waals surface area contributed by atoms with E-state index in [2.05, 4.69) is 25.7 Å². The van der Waals surface area contributed by atoms with Gasteiger partial charge in [0, 0.05) is 30.8 Å². The average Bonchev–Trinajstić information content (AvgIpc) is 3.31. The highest BCUT2D eigenvalue weighted by Gasteiger charge is 2.27. The van der Waals surface area contributed by atoms with Crippen molar-refractivity contribution < 1.29 is 23.0 Å². The summed E-state index contributed by atoms with van der Waals surface area (Å²) in [6, 6.07) is 1.19. The largest absolute Gasteiger partial charge is 0.479 e. The smallest absolute Gasteiger partial charge is 0.269 e. The average molecular weight is 457 g/mol. The van der Waals surface area contributed by atoms with Crippen molar-refractivity contribution in [3.63, 3.8) is 0 Å². The number of imidazole rings is 1. The predicted octanol–water partition coefficient (Wildman–Crippen LogP) is 2.14. The summed E-state index contributed by atoms with van der Waals surface area (Å²) >= 11 is 0. The number of fused-ring (bicyclic) bond motifs is 2. The van der Waals surface area contributed by atoms with Crippen LogP contribution >= 0.6 is 0 Å². The van der Waals surface area contributed by atoms with Gasteiger partial charge in [0.25, 0.3) is 5.91 Å². The van der Waals surface area contributed by atoms with E-state index in [1.165, 1.54) is 41.7 Å². The zero-order valence-electron chi connectivity index (χ0n) is 18.1. The van der Waals surface area contributed by atoms with Crippen LogP contribution in [0.25, 0.3) is 22.3 Å². The Kier molecular flexibility index (Phi) is 5.08. The minimum absolute atomic E-state index is 0.0381. The van der Waals surface area contributed by atoms with Crippen LogP contribution < -0.4 is 15.4 Å². The van der Waals surface area contributed by atoms with E-state index in [4.69, 9.17) is 9.47 Å². The van der Waals surface area contributed by atoms with Gasteiger partial charge in [-0.05, 0) is 13.0 Å². The number of nitrogens with one attached hydrogen (secondary N) is 2. The first-order chi connectivity index (χ1) is 15.9. The molecule has 5 rings (SSSR count). The van der Waals surface area contributed by atoms with Gasteiger partial charge in [0.2, 0.25) is 11.8 Å². The molecule has 172 valence electrons. The topological polar surface area (TPSA) is 107 Å². The number of halogens is 2. The molecule has 1 saturated heterocycles. The Morgan fingerprint density at radius 1 is 1.30 bits per heavy atom. The van der Waals surface area contributed by atoms with Gasteiger partial charge in [0.05, 0.1) is 38.3 Å². The van der Waals surface area contributed by atoms with Gasteiger partial charge in [0.1, 0.15) is 11.2 Å². The molecule has 0 saturated carbocycles. The predicted molar refractivity (Wildman–Crippen MR) is 114 cm³/mol. The van der Waals surface area contributed by atoms with Gasteiger partial charge >= 0.3 is 0 Å². The number of methoxy groups -OCH3 is 1. The van der Waals surface area contributed by atoms with E-state index in [0.717, 1.165) is 6.07 Å². The van der Waals surface area contributed by atoms with E-state index >= 15 is 4.39 Å². The molecule has 5 heterocycles. The van der Waals surface area contributed by atoms with Gasteiger partial charge in [-0.1, -0.05) is 0 Å². The molecule has 0 bridgehead atoms. The maximum Gasteiger partial charge on any atom is 0.269 e. The summed E-state index contributed by atoms with van der Waals surface area (Å²) in [6.45, 7) is 3.29. The number of carbonyl (C=O) groups excluding carboxylic acids is 1. The van der Waals surface area contributed by atoms with Crippen LogP contribution in [0.2, 0.25) is 0 Å². The zero-order valence-corrected chi connectivity index (χ0v) is 18.1. The molecular formula is C21H21F2N7O3. The molecule has 1 amide bonds. The van der Waals surface area contributed by atoms with Gasteiger partial charge < -0.3 is 20.1 Å². The third kappa shape index (κ3) is 3.42. The van der Waals surface area contributed by atoms with Crippen molar-refractivity contribution in [1.29, 1.82) is 0 Å². The van der Waals surface area contributed by atoms with Gasteiger partial charge in [0.15, 0.2) is 17.3 Å². The first kappa shape index (κ1) is 21.1. The molecule has 0 aliphatic carbocycles. The number of ether oxygens (including phenoxy) is 2. The lowest BCUT2D eigenvalue weighted by molar-refractivity contribution is -0.0380. The van der Waals surface area contributed by atoms with Crippen LogP contribution in [0.1, 0.15) is 17.4 Å². The van der Waals surface area contributed by atoms with Crippen molar-refractivity contribution in [2.45, 2.75) is 13.0 Å². The summed E-state index contributed by atoms with van der Waals surface area (Å²) in [4.78, 5) is 20.5. The highest BCUT2D eigenvalue weighted by molar-refractivity contribution is 5.93. The van der Waals surface area contributed by atoms with Crippen molar-refractivity contribution in [2.24, 2.45) is 5.92 Å². The normalized spacial score (nSPS) is 14.9. The standard InChI is InChI=1S/C21H21F2N7O3/c1-10(12-8-33-9-12)26-21-27-20(32-3)17-16(14(23)7-30(17)28-21)11-4-13(22)18-25-5-15(19(31)24-2)29(18)6-11/h4-7,10,12H,8-9H2,1-3H3,(H,24,31)(H,26,28). The van der Waals surface area contributed by atoms with E-state index in [-0.39, 0.29) is 45.9 Å². The third-order valence-corrected chi connectivity index (χ3v) is 5.78. The zero-order chi connectivity index (χ0) is 23.3. The van der Waals surface area contributed by atoms with Crippen LogP contribution in [0.4, 0.5) is 14.7 Å². The van der Waals surface area contributed by atoms with Crippen LogP contribution in [0, 0.1) is 17.6 Å². The van der Waals surface area contributed by atoms with Crippen molar-refractivity contribution in [1.82, 2.24) is 29.3 Å². The number of nitrogens with zero attached hydrogens (tertiary/aromatic N) is 5. The highest BCUT2D eigenvalue weighted by atomic mass is 19.1. The monoisotopic (exact) mass is 457 g/mol. The lowest BCUT2D eigenvalue weighted by atomic mass is 10.0. The maximum absolute atomic E-state index is 15.2. The Morgan fingerprint density at radius 3 is 2.76 bits per heavy atom. The molecule has 4 aromatic rings. The Balaban J connectivity index is 1.64. The van der Waals surface area contributed by atoms with Gasteiger partial charge in [-0.3, -0.25) is 9.20 Å². The van der Waals surface area contributed by atoms with Crippen molar-refractivity contribution in [3.8, 4) is 17.0 Å². The van der Waals surface area contributed by atoms with Crippen molar-refractivity contribution in [3.05, 3.63) is 42.0 Å². The van der Waals surface area contributed by atoms with E-state index in [1.807, 2.05) is 6.92 Å². The van der Waals surface area contributed by atoms with Gasteiger partial charge in [-0.15, -0.1) is 5.10 Å². The first-order valence-electron chi connectivity index (χ1n) is 10.3. The second-order valence-electron chi connectivity index (χ2n) is 7.81. The summed E-state index contributed by atoms with van der Waals surface area (Å²) < 4.78 is 43.2. The molecule has 1 atom stereocenters. The number of hydrogen-bond acceptors (Lipinski definition) is 7. The maximum atomic E-state index is 15.2. The van der Waals surface area contributed by atoms with Crippen LogP contribution in [-0.4, -0.2) is 63.3 Å². The lowest BCUT2D eigenvalue weighted by Gasteiger charge is -2.31. The molecule has 10 nitrogen and oxygen atoms in total. The van der Waals surface area contributed by atoms with E-state index in [9.17, 15) is 9.18 Å². The molecular weight excluding hydrogens is 436 g/mol. The molecule has 1 fully saturated rings. The molecule has 4 aromatic heterocycles. The van der Waals surface area contributed by atoms with Crippen LogP contribution in [-0.2, 0) is 4.74 Å². The summed E-state index contributed by atoms with van der Waals surface area (Å²) in [5.74, 6) is -1.12. The fourth-order valence-electron chi connectivity index (χ4n) is 3.84. The Labute approximate surface area is 186 Å². The Morgan fingerprint density at radius 2 is 2.09 bits per heavy atom. The van der Waals surface area contributed by atoms with E-state index < -0.39 is 17.5 Å². The molecule has 0 aromatic carbocycles. The molecule has 2 N–H and O–H groups in total. The van der Waals surface area contributed by atoms with Crippen LogP contribution in [0.3, 0.4) is 0 Å². The van der Waals surface area contributed by atoms with Crippen LogP contribution in [0.15, 0.2) is 24.7 Å². The third-order valence-electron chi connectivity index (χ3n) is 5.78. The SMILES string of the molecule is CNC(=O)c1cnc2c(F)cc(-c3c(F)cn4nc(NC(C)C5COC5)nc(OC)c34)cn12. The lowest BCUT2D eigenvalue weighted by Crippen LogP contribution is -2.40. The summed E-state index contributed by atoms with van der Waals surface area (Å²) in [6.07, 6.45) is 3.87. The fourth-order valence-corrected chi connectivity index (χ4v) is 3.84. The van der Waals surface area contributed by atoms with Gasteiger partial charge in [-0.25, -0.2) is 18.3 Å². The number of anilines is 1. The molecule has 0 radical (unpaired) electrons. The van der Waals surface area contributed by atoms with E-state index in [1.54, 1.807) is 0 Å². The fraction of sp³-hybridized carbons (Fsp3) is 0.333. The molecule has 33 heavy (non-hydrogen) atoms. The minimum Gasteiger partial charge on any atom is -0.479 e. The quantitative estimate of drug-likeness (QED) is 0.457. The molecule has 1 aliphatic heterocycles. The molecule has 1 aliphatic rings. The number of carbonyl (C=O) groups is 1. The number of amides is 1. The van der Waals surface area contributed by atoms with Crippen LogP contribution in [0.5, 0.6) is 5.88 Å². The minimum atomic E-state index is -0.712. The second kappa shape index (κ2) is 7.96. The van der Waals surface area contributed by atoms with E-state index in [0.29, 0.717) is 19.1 Å². The number of pyridine rings is 1. The van der Waals surface area contributed by atoms with Crippen molar-refractivity contribution >= 4 is 23.0 Å².